The minimum absolute atomic E-state index is 0.0771. The Hall–Kier alpha value is -3.09. The Morgan fingerprint density at radius 2 is 1.72 bits per heavy atom. The molecule has 1 aliphatic heterocycles. The Morgan fingerprint density at radius 1 is 1.00 bits per heavy atom. The summed E-state index contributed by atoms with van der Waals surface area (Å²) < 4.78 is 5.47. The molecule has 0 saturated carbocycles. The van der Waals surface area contributed by atoms with Gasteiger partial charge in [-0.25, -0.2) is 4.98 Å². The molecule has 7 heteroatoms. The number of anilines is 2. The van der Waals surface area contributed by atoms with Crippen LogP contribution in [0.1, 0.15) is 11.1 Å². The van der Waals surface area contributed by atoms with Crippen LogP contribution < -0.4 is 15.0 Å². The zero-order chi connectivity index (χ0) is 22.3. The van der Waals surface area contributed by atoms with E-state index in [4.69, 9.17) is 16.3 Å². The van der Waals surface area contributed by atoms with Gasteiger partial charge in [-0.2, -0.15) is 0 Å². The van der Waals surface area contributed by atoms with E-state index >= 15 is 0 Å². The monoisotopic (exact) mass is 450 g/mol. The third-order valence-electron chi connectivity index (χ3n) is 5.44. The molecule has 0 bridgehead atoms. The molecule has 32 heavy (non-hydrogen) atoms. The second-order valence-corrected chi connectivity index (χ2v) is 8.38. The quantitative estimate of drug-likeness (QED) is 0.578. The number of nitrogens with one attached hydrogen (secondary N) is 1. The lowest BCUT2D eigenvalue weighted by molar-refractivity contribution is -0.118. The number of pyridine rings is 1. The number of rotatable bonds is 7. The maximum Gasteiger partial charge on any atom is 0.262 e. The van der Waals surface area contributed by atoms with E-state index < -0.39 is 0 Å². The number of amides is 1. The van der Waals surface area contributed by atoms with Crippen LogP contribution in [0.2, 0.25) is 5.02 Å². The highest BCUT2D eigenvalue weighted by Gasteiger charge is 2.18. The number of halogens is 1. The van der Waals surface area contributed by atoms with Crippen molar-refractivity contribution < 1.29 is 9.53 Å². The number of ether oxygens (including phenoxy) is 1. The van der Waals surface area contributed by atoms with Crippen molar-refractivity contribution in [3.8, 4) is 5.75 Å². The summed E-state index contributed by atoms with van der Waals surface area (Å²) in [5, 5.41) is 3.44. The van der Waals surface area contributed by atoms with Gasteiger partial charge in [0.2, 0.25) is 0 Å². The summed E-state index contributed by atoms with van der Waals surface area (Å²) >= 11 is 5.85. The largest absolute Gasteiger partial charge is 0.484 e. The number of carbonyl (C=O) groups is 1. The van der Waals surface area contributed by atoms with Crippen molar-refractivity contribution in [3.05, 3.63) is 83.0 Å². The molecular weight excluding hydrogens is 424 g/mol. The molecule has 2 aromatic carbocycles. The summed E-state index contributed by atoms with van der Waals surface area (Å²) in [4.78, 5) is 21.4. The summed E-state index contributed by atoms with van der Waals surface area (Å²) in [6, 6.07) is 19.5. The van der Waals surface area contributed by atoms with Crippen molar-refractivity contribution in [2.24, 2.45) is 0 Å². The molecule has 1 fully saturated rings. The number of hydrogen-bond donors (Lipinski definition) is 1. The molecule has 6 nitrogen and oxygen atoms in total. The van der Waals surface area contributed by atoms with Gasteiger partial charge in [0, 0.05) is 37.7 Å². The topological polar surface area (TPSA) is 57.7 Å². The zero-order valence-electron chi connectivity index (χ0n) is 18.1. The molecule has 0 radical (unpaired) electrons. The molecule has 166 valence electrons. The van der Waals surface area contributed by atoms with Crippen molar-refractivity contribution in [1.82, 2.24) is 9.88 Å². The predicted molar refractivity (Wildman–Crippen MR) is 128 cm³/mol. The van der Waals surface area contributed by atoms with Gasteiger partial charge in [-0.3, -0.25) is 9.69 Å². The molecule has 1 N–H and O–H groups in total. The van der Waals surface area contributed by atoms with Crippen LogP contribution in [0, 0.1) is 6.92 Å². The number of benzene rings is 2. The van der Waals surface area contributed by atoms with E-state index in [1.165, 1.54) is 11.1 Å². The second-order valence-electron chi connectivity index (χ2n) is 7.94. The maximum absolute atomic E-state index is 12.1. The van der Waals surface area contributed by atoms with Crippen LogP contribution in [-0.4, -0.2) is 48.6 Å². The number of nitrogens with zero attached hydrogens (tertiary/aromatic N) is 3. The Balaban J connectivity index is 1.22. The molecular formula is C25H27ClN4O2. The lowest BCUT2D eigenvalue weighted by Gasteiger charge is -2.35. The highest BCUT2D eigenvalue weighted by molar-refractivity contribution is 6.30. The smallest absolute Gasteiger partial charge is 0.262 e. The van der Waals surface area contributed by atoms with Gasteiger partial charge in [0.05, 0.1) is 11.9 Å². The fourth-order valence-corrected chi connectivity index (χ4v) is 3.74. The Bertz CT molecular complexity index is 1020. The molecule has 1 aliphatic rings. The van der Waals surface area contributed by atoms with Gasteiger partial charge >= 0.3 is 0 Å². The normalized spacial score (nSPS) is 14.2. The van der Waals surface area contributed by atoms with E-state index in [2.05, 4.69) is 51.3 Å². The Morgan fingerprint density at radius 3 is 2.38 bits per heavy atom. The molecule has 0 unspecified atom stereocenters. The fraction of sp³-hybridized carbons (Fsp3) is 0.280. The van der Waals surface area contributed by atoms with E-state index in [-0.39, 0.29) is 12.5 Å². The first kappa shape index (κ1) is 22.1. The molecule has 2 heterocycles. The molecule has 0 atom stereocenters. The van der Waals surface area contributed by atoms with Crippen molar-refractivity contribution in [3.63, 3.8) is 0 Å². The summed E-state index contributed by atoms with van der Waals surface area (Å²) in [7, 11) is 0. The van der Waals surface area contributed by atoms with Crippen LogP contribution in [-0.2, 0) is 11.3 Å². The van der Waals surface area contributed by atoms with E-state index in [0.717, 1.165) is 38.5 Å². The molecule has 1 saturated heterocycles. The van der Waals surface area contributed by atoms with Crippen molar-refractivity contribution in [2.45, 2.75) is 13.5 Å². The van der Waals surface area contributed by atoms with Crippen LogP contribution in [0.5, 0.6) is 5.75 Å². The summed E-state index contributed by atoms with van der Waals surface area (Å²) in [5.74, 6) is 1.29. The van der Waals surface area contributed by atoms with E-state index in [0.29, 0.717) is 16.5 Å². The van der Waals surface area contributed by atoms with Gasteiger partial charge in [0.25, 0.3) is 5.91 Å². The lowest BCUT2D eigenvalue weighted by atomic mass is 10.1. The molecule has 0 spiro atoms. The van der Waals surface area contributed by atoms with E-state index in [9.17, 15) is 4.79 Å². The predicted octanol–water partition coefficient (Wildman–Crippen LogP) is 4.38. The molecule has 1 aromatic heterocycles. The first-order chi connectivity index (χ1) is 15.5. The zero-order valence-corrected chi connectivity index (χ0v) is 18.9. The number of hydrogen-bond acceptors (Lipinski definition) is 5. The van der Waals surface area contributed by atoms with E-state index in [1.54, 1.807) is 30.5 Å². The van der Waals surface area contributed by atoms with Crippen LogP contribution in [0.15, 0.2) is 66.9 Å². The fourth-order valence-electron chi connectivity index (χ4n) is 3.61. The third-order valence-corrected chi connectivity index (χ3v) is 5.69. The first-order valence-electron chi connectivity index (χ1n) is 10.7. The van der Waals surface area contributed by atoms with Crippen LogP contribution >= 0.6 is 11.6 Å². The average Bonchev–Trinajstić information content (AvgIpc) is 2.81. The molecule has 3 aromatic rings. The van der Waals surface area contributed by atoms with Gasteiger partial charge < -0.3 is 15.0 Å². The summed E-state index contributed by atoms with van der Waals surface area (Å²) in [6.45, 7) is 6.86. The summed E-state index contributed by atoms with van der Waals surface area (Å²) in [5.41, 5.74) is 3.29. The first-order valence-corrected chi connectivity index (χ1v) is 11.1. The lowest BCUT2D eigenvalue weighted by Crippen LogP contribution is -2.46. The summed E-state index contributed by atoms with van der Waals surface area (Å²) in [6.07, 6.45) is 1.69. The van der Waals surface area contributed by atoms with E-state index in [1.807, 2.05) is 12.1 Å². The van der Waals surface area contributed by atoms with Gasteiger partial charge in [0.1, 0.15) is 11.6 Å². The Kier molecular flexibility index (Phi) is 7.24. The maximum atomic E-state index is 12.1. The SMILES string of the molecule is Cc1ccc(CN2CCN(c3ccc(NC(=O)COc4ccc(Cl)cc4)cn3)CC2)cc1. The van der Waals surface area contributed by atoms with Crippen LogP contribution in [0.3, 0.4) is 0 Å². The number of piperazine rings is 1. The standard InChI is InChI=1S/C25H27ClN4O2/c1-19-2-4-20(5-3-19)17-29-12-14-30(15-13-29)24-11-8-22(16-27-24)28-25(31)18-32-23-9-6-21(26)7-10-23/h2-11,16H,12-15,17-18H2,1H3,(H,28,31). The minimum atomic E-state index is -0.237. The van der Waals surface area contributed by atoms with Crippen molar-refractivity contribution in [1.29, 1.82) is 0 Å². The Labute approximate surface area is 193 Å². The minimum Gasteiger partial charge on any atom is -0.484 e. The average molecular weight is 451 g/mol. The number of aromatic nitrogens is 1. The molecule has 1 amide bonds. The second kappa shape index (κ2) is 10.5. The van der Waals surface area contributed by atoms with Gasteiger partial charge in [-0.1, -0.05) is 41.4 Å². The van der Waals surface area contributed by atoms with Gasteiger partial charge in [-0.05, 0) is 48.9 Å². The van der Waals surface area contributed by atoms with Gasteiger partial charge in [-0.15, -0.1) is 0 Å². The number of carbonyl (C=O) groups excluding carboxylic acids is 1. The number of aryl methyl sites for hydroxylation is 1. The van der Waals surface area contributed by atoms with Crippen molar-refractivity contribution in [2.75, 3.05) is 43.0 Å². The highest BCUT2D eigenvalue weighted by Crippen LogP contribution is 2.18. The molecule has 4 rings (SSSR count). The molecule has 0 aliphatic carbocycles. The van der Waals surface area contributed by atoms with Crippen molar-refractivity contribution >= 4 is 29.0 Å². The third kappa shape index (κ3) is 6.22. The highest BCUT2D eigenvalue weighted by atomic mass is 35.5. The van der Waals surface area contributed by atoms with Crippen LogP contribution in [0.4, 0.5) is 11.5 Å². The van der Waals surface area contributed by atoms with Gasteiger partial charge in [0.15, 0.2) is 6.61 Å². The van der Waals surface area contributed by atoms with Crippen LogP contribution in [0.25, 0.3) is 0 Å².